The van der Waals surface area contributed by atoms with Crippen LogP contribution >= 0.6 is 0 Å². The molecule has 4 rings (SSSR count). The van der Waals surface area contributed by atoms with Gasteiger partial charge >= 0.3 is 0 Å². The number of nitrogens with zero attached hydrogens (tertiary/aromatic N) is 1. The molecular weight excluding hydrogens is 295 g/mol. The number of carbonyl (C=O) groups is 1. The molecule has 2 aliphatic heterocycles. The number of H-pyrrole nitrogens is 1. The maximum Gasteiger partial charge on any atom is 0.226 e. The molecule has 0 spiro atoms. The minimum absolute atomic E-state index is 0.0261. The summed E-state index contributed by atoms with van der Waals surface area (Å²) in [6, 6.07) is 6.39. The van der Waals surface area contributed by atoms with Crippen LogP contribution in [0.5, 0.6) is 0 Å². The first-order chi connectivity index (χ1) is 11.2. The molecule has 1 aromatic carbocycles. The third-order valence-corrected chi connectivity index (χ3v) is 4.92. The Morgan fingerprint density at radius 1 is 1.13 bits per heavy atom. The van der Waals surface area contributed by atoms with Gasteiger partial charge in [-0.2, -0.15) is 5.10 Å². The third kappa shape index (κ3) is 2.63. The van der Waals surface area contributed by atoms with E-state index in [9.17, 15) is 9.18 Å². The van der Waals surface area contributed by atoms with Crippen molar-refractivity contribution < 1.29 is 9.18 Å². The summed E-state index contributed by atoms with van der Waals surface area (Å²) >= 11 is 0. The van der Waals surface area contributed by atoms with Crippen molar-refractivity contribution in [3.8, 4) is 11.3 Å². The highest BCUT2D eigenvalue weighted by molar-refractivity contribution is 5.95. The van der Waals surface area contributed by atoms with Crippen molar-refractivity contribution in [2.45, 2.75) is 25.2 Å². The van der Waals surface area contributed by atoms with E-state index in [-0.39, 0.29) is 17.6 Å². The van der Waals surface area contributed by atoms with E-state index in [1.807, 2.05) is 0 Å². The summed E-state index contributed by atoms with van der Waals surface area (Å²) in [5.41, 5.74) is 2.86. The van der Waals surface area contributed by atoms with Gasteiger partial charge in [0.25, 0.3) is 0 Å². The van der Waals surface area contributed by atoms with Gasteiger partial charge in [0.15, 0.2) is 5.82 Å². The average molecular weight is 314 g/mol. The molecule has 0 bridgehead atoms. The molecule has 1 aromatic heterocycles. The molecule has 5 nitrogen and oxygen atoms in total. The van der Waals surface area contributed by atoms with E-state index in [1.54, 1.807) is 12.1 Å². The molecule has 3 heterocycles. The summed E-state index contributed by atoms with van der Waals surface area (Å²) in [5.74, 6) is 1.03. The van der Waals surface area contributed by atoms with Crippen LogP contribution in [-0.2, 0) is 4.79 Å². The Hall–Kier alpha value is -2.21. The normalized spacial score (nSPS) is 21.8. The molecule has 1 fully saturated rings. The van der Waals surface area contributed by atoms with Crippen molar-refractivity contribution in [1.82, 2.24) is 15.5 Å². The first-order valence-electron chi connectivity index (χ1n) is 8.07. The van der Waals surface area contributed by atoms with Gasteiger partial charge in [-0.15, -0.1) is 0 Å². The van der Waals surface area contributed by atoms with Crippen molar-refractivity contribution >= 4 is 11.7 Å². The number of anilines is 1. The number of amides is 1. The number of carbonyl (C=O) groups excluding carboxylic acids is 1. The molecule has 0 saturated carbocycles. The Morgan fingerprint density at radius 2 is 1.87 bits per heavy atom. The molecule has 6 heteroatoms. The second kappa shape index (κ2) is 5.77. The number of piperidine rings is 1. The number of halogens is 1. The summed E-state index contributed by atoms with van der Waals surface area (Å²) in [6.45, 7) is 1.98. The highest BCUT2D eigenvalue weighted by Crippen LogP contribution is 2.44. The topological polar surface area (TPSA) is 69.8 Å². The van der Waals surface area contributed by atoms with Gasteiger partial charge in [0.2, 0.25) is 5.91 Å². The number of aromatic amines is 1. The molecule has 0 aliphatic carbocycles. The monoisotopic (exact) mass is 314 g/mol. The van der Waals surface area contributed by atoms with Crippen molar-refractivity contribution in [2.75, 3.05) is 18.4 Å². The fraction of sp³-hybridized carbons (Fsp3) is 0.412. The number of benzene rings is 1. The third-order valence-electron chi connectivity index (χ3n) is 4.92. The Balaban J connectivity index is 1.76. The first kappa shape index (κ1) is 14.4. The van der Waals surface area contributed by atoms with E-state index >= 15 is 0 Å². The van der Waals surface area contributed by atoms with E-state index in [0.717, 1.165) is 42.8 Å². The van der Waals surface area contributed by atoms with E-state index in [4.69, 9.17) is 0 Å². The number of hydrogen-bond donors (Lipinski definition) is 3. The van der Waals surface area contributed by atoms with E-state index < -0.39 is 0 Å². The van der Waals surface area contributed by atoms with Crippen LogP contribution in [0.15, 0.2) is 24.3 Å². The maximum absolute atomic E-state index is 13.2. The largest absolute Gasteiger partial charge is 0.317 e. The minimum atomic E-state index is -0.259. The lowest BCUT2D eigenvalue weighted by molar-refractivity contribution is -0.117. The Labute approximate surface area is 133 Å². The molecule has 3 N–H and O–H groups in total. The van der Waals surface area contributed by atoms with Crippen LogP contribution < -0.4 is 10.6 Å². The van der Waals surface area contributed by atoms with Gasteiger partial charge in [-0.05, 0) is 56.1 Å². The quantitative estimate of drug-likeness (QED) is 0.798. The Bertz CT molecular complexity index is 719. The Morgan fingerprint density at radius 3 is 2.61 bits per heavy atom. The van der Waals surface area contributed by atoms with Crippen molar-refractivity contribution in [1.29, 1.82) is 0 Å². The predicted molar refractivity (Wildman–Crippen MR) is 85.6 cm³/mol. The summed E-state index contributed by atoms with van der Waals surface area (Å²) < 4.78 is 13.2. The molecule has 1 amide bonds. The molecule has 0 radical (unpaired) electrons. The minimum Gasteiger partial charge on any atom is -0.317 e. The van der Waals surface area contributed by atoms with E-state index in [1.165, 1.54) is 12.1 Å². The molecule has 1 atom stereocenters. The van der Waals surface area contributed by atoms with Crippen LogP contribution in [0.1, 0.15) is 30.7 Å². The standard InChI is InChI=1S/C17H19FN4O/c18-12-3-1-11(2-4-12)16-15-13(10-5-7-19-8-6-10)9-14(23)20-17(15)22-21-16/h1-4,10,13,19H,5-9H2,(H2,20,21,22,23)/t13-/m0/s1. The summed E-state index contributed by atoms with van der Waals surface area (Å²) in [6.07, 6.45) is 2.61. The summed E-state index contributed by atoms with van der Waals surface area (Å²) in [5, 5.41) is 13.6. The lowest BCUT2D eigenvalue weighted by Gasteiger charge is -2.33. The van der Waals surface area contributed by atoms with E-state index in [0.29, 0.717) is 18.2 Å². The molecule has 0 unspecified atom stereocenters. The van der Waals surface area contributed by atoms with Gasteiger partial charge < -0.3 is 10.6 Å². The van der Waals surface area contributed by atoms with E-state index in [2.05, 4.69) is 20.8 Å². The molecule has 120 valence electrons. The highest BCUT2D eigenvalue weighted by Gasteiger charge is 2.36. The second-order valence-electron chi connectivity index (χ2n) is 6.31. The van der Waals surface area contributed by atoms with Gasteiger partial charge in [-0.1, -0.05) is 0 Å². The number of rotatable bonds is 2. The number of hydrogen-bond acceptors (Lipinski definition) is 3. The lowest BCUT2D eigenvalue weighted by atomic mass is 9.76. The summed E-state index contributed by atoms with van der Waals surface area (Å²) in [7, 11) is 0. The van der Waals surface area contributed by atoms with Crippen LogP contribution in [0, 0.1) is 11.7 Å². The number of fused-ring (bicyclic) bond motifs is 1. The number of nitrogens with one attached hydrogen (secondary N) is 3. The molecule has 2 aliphatic rings. The van der Waals surface area contributed by atoms with Crippen LogP contribution in [0.25, 0.3) is 11.3 Å². The second-order valence-corrected chi connectivity index (χ2v) is 6.31. The molecular formula is C17H19FN4O. The zero-order chi connectivity index (χ0) is 15.8. The van der Waals surface area contributed by atoms with Crippen molar-refractivity contribution in [3.05, 3.63) is 35.6 Å². The lowest BCUT2D eigenvalue weighted by Crippen LogP contribution is -2.34. The Kier molecular flexibility index (Phi) is 3.61. The van der Waals surface area contributed by atoms with Crippen LogP contribution in [0.4, 0.5) is 10.2 Å². The van der Waals surface area contributed by atoms with Crippen LogP contribution in [0.2, 0.25) is 0 Å². The van der Waals surface area contributed by atoms with Crippen molar-refractivity contribution in [3.63, 3.8) is 0 Å². The molecule has 1 saturated heterocycles. The van der Waals surface area contributed by atoms with Crippen molar-refractivity contribution in [2.24, 2.45) is 5.92 Å². The highest BCUT2D eigenvalue weighted by atomic mass is 19.1. The van der Waals surface area contributed by atoms with Gasteiger partial charge in [0.05, 0.1) is 5.69 Å². The van der Waals surface area contributed by atoms with Crippen LogP contribution in [-0.4, -0.2) is 29.2 Å². The molecule has 2 aromatic rings. The average Bonchev–Trinajstić information content (AvgIpc) is 2.99. The smallest absolute Gasteiger partial charge is 0.226 e. The van der Waals surface area contributed by atoms with Gasteiger partial charge in [0, 0.05) is 23.5 Å². The SMILES string of the molecule is O=C1C[C@@H](C2CCNCC2)c2c(n[nH]c2-c2ccc(F)cc2)N1. The van der Waals surface area contributed by atoms with Crippen LogP contribution in [0.3, 0.4) is 0 Å². The fourth-order valence-corrected chi connectivity index (χ4v) is 3.78. The van der Waals surface area contributed by atoms with Gasteiger partial charge in [0.1, 0.15) is 5.82 Å². The zero-order valence-corrected chi connectivity index (χ0v) is 12.7. The molecule has 23 heavy (non-hydrogen) atoms. The fourth-order valence-electron chi connectivity index (χ4n) is 3.78. The maximum atomic E-state index is 13.2. The summed E-state index contributed by atoms with van der Waals surface area (Å²) in [4.78, 5) is 12.0. The number of aromatic nitrogens is 2. The zero-order valence-electron chi connectivity index (χ0n) is 12.7. The van der Waals surface area contributed by atoms with Gasteiger partial charge in [-0.25, -0.2) is 4.39 Å². The predicted octanol–water partition coefficient (Wildman–Crippen LogP) is 2.64. The van der Waals surface area contributed by atoms with Gasteiger partial charge in [-0.3, -0.25) is 9.89 Å². The first-order valence-corrected chi connectivity index (χ1v) is 8.07.